The number of hydrogen-bond acceptors (Lipinski definition) is 4. The van der Waals surface area contributed by atoms with Crippen LogP contribution in [0.2, 0.25) is 0 Å². The van der Waals surface area contributed by atoms with Gasteiger partial charge < -0.3 is 19.8 Å². The van der Waals surface area contributed by atoms with Crippen LogP contribution in [-0.2, 0) is 10.3 Å². The van der Waals surface area contributed by atoms with Crippen LogP contribution in [0.5, 0.6) is 0 Å². The number of rotatable bonds is 4. The molecule has 5 nitrogen and oxygen atoms in total. The van der Waals surface area contributed by atoms with E-state index in [-0.39, 0.29) is 13.0 Å². The van der Waals surface area contributed by atoms with Crippen molar-refractivity contribution in [1.82, 2.24) is 4.90 Å². The van der Waals surface area contributed by atoms with Gasteiger partial charge in [-0.15, -0.1) is 0 Å². The van der Waals surface area contributed by atoms with Gasteiger partial charge in [0.15, 0.2) is 0 Å². The highest BCUT2D eigenvalue weighted by Crippen LogP contribution is 2.38. The van der Waals surface area contributed by atoms with E-state index in [0.717, 1.165) is 10.9 Å². The van der Waals surface area contributed by atoms with Crippen molar-refractivity contribution >= 4 is 22.0 Å². The summed E-state index contributed by atoms with van der Waals surface area (Å²) in [5.41, 5.74) is -1.19. The van der Waals surface area contributed by atoms with Crippen molar-refractivity contribution in [2.75, 3.05) is 13.2 Å². The van der Waals surface area contributed by atoms with Gasteiger partial charge in [-0.2, -0.15) is 0 Å². The van der Waals surface area contributed by atoms with E-state index < -0.39 is 23.3 Å². The van der Waals surface area contributed by atoms with E-state index >= 15 is 0 Å². The Kier molecular flexibility index (Phi) is 5.94. The largest absolute Gasteiger partial charge is 0.444 e. The minimum absolute atomic E-state index is 0.161. The summed E-state index contributed by atoms with van der Waals surface area (Å²) in [6.45, 7) is 5.86. The lowest BCUT2D eigenvalue weighted by molar-refractivity contribution is -0.0609. The van der Waals surface area contributed by atoms with E-state index in [4.69, 9.17) is 4.74 Å². The van der Waals surface area contributed by atoms with E-state index in [9.17, 15) is 15.0 Å². The van der Waals surface area contributed by atoms with Gasteiger partial charge in [-0.25, -0.2) is 4.79 Å². The van der Waals surface area contributed by atoms with E-state index in [1.807, 2.05) is 45.0 Å². The Morgan fingerprint density at radius 2 is 1.96 bits per heavy atom. The highest BCUT2D eigenvalue weighted by atomic mass is 79.9. The fourth-order valence-corrected chi connectivity index (χ4v) is 3.48. The maximum absolute atomic E-state index is 12.5. The topological polar surface area (TPSA) is 70.0 Å². The van der Waals surface area contributed by atoms with Crippen molar-refractivity contribution in [3.63, 3.8) is 0 Å². The molecule has 24 heavy (non-hydrogen) atoms. The van der Waals surface area contributed by atoms with E-state index in [2.05, 4.69) is 15.9 Å². The van der Waals surface area contributed by atoms with Crippen molar-refractivity contribution in [3.8, 4) is 0 Å². The molecular weight excluding hydrogens is 374 g/mol. The van der Waals surface area contributed by atoms with Crippen molar-refractivity contribution in [3.05, 3.63) is 34.3 Å². The van der Waals surface area contributed by atoms with Crippen LogP contribution in [0.4, 0.5) is 4.79 Å². The van der Waals surface area contributed by atoms with Gasteiger partial charge in [0.2, 0.25) is 0 Å². The second-order valence-corrected chi connectivity index (χ2v) is 8.15. The summed E-state index contributed by atoms with van der Waals surface area (Å²) >= 11 is 3.39. The molecule has 2 atom stereocenters. The number of likely N-dealkylation sites (tertiary alicyclic amines) is 1. The van der Waals surface area contributed by atoms with Crippen LogP contribution in [0.3, 0.4) is 0 Å². The van der Waals surface area contributed by atoms with Gasteiger partial charge >= 0.3 is 6.09 Å². The molecular formula is C18H26BrNO4. The van der Waals surface area contributed by atoms with Crippen LogP contribution in [0.15, 0.2) is 28.7 Å². The lowest BCUT2D eigenvalue weighted by Crippen LogP contribution is -2.51. The first-order chi connectivity index (χ1) is 11.2. The van der Waals surface area contributed by atoms with Gasteiger partial charge in [-0.1, -0.05) is 28.1 Å². The molecule has 1 saturated heterocycles. The van der Waals surface area contributed by atoms with Crippen LogP contribution in [0.1, 0.15) is 45.6 Å². The van der Waals surface area contributed by atoms with Crippen molar-refractivity contribution in [2.45, 2.75) is 57.3 Å². The number of nitrogens with zero attached hydrogens (tertiary/aromatic N) is 1. The third-order valence-electron chi connectivity index (χ3n) is 4.27. The van der Waals surface area contributed by atoms with Crippen LogP contribution in [-0.4, -0.2) is 46.0 Å². The first kappa shape index (κ1) is 19.2. The summed E-state index contributed by atoms with van der Waals surface area (Å²) < 4.78 is 6.40. The normalized spacial score (nSPS) is 20.8. The van der Waals surface area contributed by atoms with Crippen LogP contribution in [0.25, 0.3) is 0 Å². The van der Waals surface area contributed by atoms with Gasteiger partial charge in [0.05, 0.1) is 6.04 Å². The summed E-state index contributed by atoms with van der Waals surface area (Å²) in [7, 11) is 0. The Hall–Kier alpha value is -1.11. The SMILES string of the molecule is CC(C)(C)OC(=O)N1CCC[C@H]1C(O)(CCO)c1ccc(Br)cc1. The Morgan fingerprint density at radius 1 is 1.33 bits per heavy atom. The molecule has 6 heteroatoms. The highest BCUT2D eigenvalue weighted by Gasteiger charge is 2.46. The molecule has 1 aromatic rings. The molecule has 1 amide bonds. The predicted octanol–water partition coefficient (Wildman–Crippen LogP) is 3.42. The second-order valence-electron chi connectivity index (χ2n) is 7.24. The number of aliphatic hydroxyl groups excluding tert-OH is 1. The third-order valence-corrected chi connectivity index (χ3v) is 4.80. The smallest absolute Gasteiger partial charge is 0.410 e. The first-order valence-corrected chi connectivity index (χ1v) is 9.05. The quantitative estimate of drug-likeness (QED) is 0.813. The molecule has 134 valence electrons. The lowest BCUT2D eigenvalue weighted by Gasteiger charge is -2.39. The number of ether oxygens (including phenoxy) is 1. The number of amides is 1. The molecule has 1 aliphatic rings. The molecule has 0 bridgehead atoms. The van der Waals surface area contributed by atoms with E-state index in [1.54, 1.807) is 4.90 Å². The Morgan fingerprint density at radius 3 is 2.50 bits per heavy atom. The number of aliphatic hydroxyl groups is 2. The van der Waals surface area contributed by atoms with Gasteiger partial charge in [-0.3, -0.25) is 0 Å². The molecule has 0 spiro atoms. The fraction of sp³-hybridized carbons (Fsp3) is 0.611. The van der Waals surface area contributed by atoms with E-state index in [0.29, 0.717) is 18.5 Å². The highest BCUT2D eigenvalue weighted by molar-refractivity contribution is 9.10. The molecule has 1 fully saturated rings. The van der Waals surface area contributed by atoms with Gasteiger partial charge in [0.25, 0.3) is 0 Å². The van der Waals surface area contributed by atoms with Crippen molar-refractivity contribution < 1.29 is 19.7 Å². The number of benzene rings is 1. The molecule has 0 saturated carbocycles. The molecule has 1 heterocycles. The number of carbonyl (C=O) groups is 1. The first-order valence-electron chi connectivity index (χ1n) is 8.26. The van der Waals surface area contributed by atoms with E-state index in [1.165, 1.54) is 0 Å². The molecule has 2 N–H and O–H groups in total. The standard InChI is InChI=1S/C18H26BrNO4/c1-17(2,3)24-16(22)20-11-4-5-15(20)18(23,10-12-21)13-6-8-14(19)9-7-13/h6-9,15,21,23H,4-5,10-12H2,1-3H3/t15-,18?/m0/s1. The molecule has 0 aliphatic carbocycles. The molecule has 1 aromatic carbocycles. The monoisotopic (exact) mass is 399 g/mol. The zero-order valence-electron chi connectivity index (χ0n) is 14.5. The summed E-state index contributed by atoms with van der Waals surface area (Å²) in [5, 5.41) is 20.9. The number of hydrogen-bond donors (Lipinski definition) is 2. The van der Waals surface area contributed by atoms with Crippen LogP contribution < -0.4 is 0 Å². The minimum Gasteiger partial charge on any atom is -0.444 e. The molecule has 2 rings (SSSR count). The molecule has 1 unspecified atom stereocenters. The molecule has 0 aromatic heterocycles. The summed E-state index contributed by atoms with van der Waals surface area (Å²) in [6, 6.07) is 6.94. The van der Waals surface area contributed by atoms with Crippen molar-refractivity contribution in [1.29, 1.82) is 0 Å². The second kappa shape index (κ2) is 7.42. The molecule has 0 radical (unpaired) electrons. The predicted molar refractivity (Wildman–Crippen MR) is 95.7 cm³/mol. The summed E-state index contributed by atoms with van der Waals surface area (Å²) in [5.74, 6) is 0. The number of halogens is 1. The maximum atomic E-state index is 12.5. The Balaban J connectivity index is 2.31. The number of carbonyl (C=O) groups excluding carboxylic acids is 1. The zero-order chi connectivity index (χ0) is 18.0. The lowest BCUT2D eigenvalue weighted by atomic mass is 9.82. The van der Waals surface area contributed by atoms with Gasteiger partial charge in [0, 0.05) is 24.0 Å². The maximum Gasteiger partial charge on any atom is 0.410 e. The zero-order valence-corrected chi connectivity index (χ0v) is 16.0. The Bertz CT molecular complexity index is 569. The van der Waals surface area contributed by atoms with Gasteiger partial charge in [-0.05, 0) is 51.3 Å². The average Bonchev–Trinajstić information content (AvgIpc) is 2.96. The summed E-state index contributed by atoms with van der Waals surface area (Å²) in [6.07, 6.45) is 1.22. The Labute approximate surface area is 151 Å². The third kappa shape index (κ3) is 4.29. The molecule has 1 aliphatic heterocycles. The average molecular weight is 400 g/mol. The fourth-order valence-electron chi connectivity index (χ4n) is 3.21. The van der Waals surface area contributed by atoms with Crippen LogP contribution in [0, 0.1) is 0 Å². The van der Waals surface area contributed by atoms with Crippen LogP contribution >= 0.6 is 15.9 Å². The van der Waals surface area contributed by atoms with Gasteiger partial charge in [0.1, 0.15) is 11.2 Å². The van der Waals surface area contributed by atoms with Crippen molar-refractivity contribution in [2.24, 2.45) is 0 Å². The minimum atomic E-state index is -1.30. The summed E-state index contributed by atoms with van der Waals surface area (Å²) in [4.78, 5) is 14.1.